The van der Waals surface area contributed by atoms with Crippen LogP contribution in [0, 0.1) is 12.7 Å². The number of halogens is 2. The Balaban J connectivity index is 2.22. The van der Waals surface area contributed by atoms with Gasteiger partial charge in [-0.2, -0.15) is 0 Å². The molecule has 4 heteroatoms. The number of hydrogen-bond acceptors (Lipinski definition) is 2. The minimum absolute atomic E-state index is 0.127. The normalized spacial score (nSPS) is 12.2. The fourth-order valence-electron chi connectivity index (χ4n) is 1.95. The van der Waals surface area contributed by atoms with Crippen molar-refractivity contribution in [2.24, 2.45) is 5.73 Å². The maximum Gasteiger partial charge on any atom is 0.129 e. The third-order valence-corrected chi connectivity index (χ3v) is 3.54. The summed E-state index contributed by atoms with van der Waals surface area (Å²) < 4.78 is 20.3. The summed E-state index contributed by atoms with van der Waals surface area (Å²) in [6.45, 7) is 4.06. The molecule has 0 saturated carbocycles. The second-order valence-corrected chi connectivity index (χ2v) is 5.77. The van der Waals surface area contributed by atoms with Crippen LogP contribution in [0.1, 0.15) is 29.7 Å². The first kappa shape index (κ1) is 15.0. The Morgan fingerprint density at radius 2 is 2.00 bits per heavy atom. The Bertz CT molecular complexity index is 613. The van der Waals surface area contributed by atoms with Crippen molar-refractivity contribution in [3.05, 3.63) is 63.4 Å². The molecule has 0 spiro atoms. The van der Waals surface area contributed by atoms with Gasteiger partial charge in [0.1, 0.15) is 18.2 Å². The Morgan fingerprint density at radius 1 is 1.25 bits per heavy atom. The van der Waals surface area contributed by atoms with Crippen LogP contribution >= 0.6 is 15.9 Å². The van der Waals surface area contributed by atoms with Gasteiger partial charge in [-0.05, 0) is 43.7 Å². The lowest BCUT2D eigenvalue weighted by Gasteiger charge is -2.15. The quantitative estimate of drug-likeness (QED) is 0.891. The Morgan fingerprint density at radius 3 is 2.70 bits per heavy atom. The van der Waals surface area contributed by atoms with E-state index < -0.39 is 0 Å². The fraction of sp³-hybridized carbons (Fsp3) is 0.250. The van der Waals surface area contributed by atoms with E-state index in [0.717, 1.165) is 15.6 Å². The lowest BCUT2D eigenvalue weighted by molar-refractivity contribution is 0.295. The molecule has 0 unspecified atom stereocenters. The minimum Gasteiger partial charge on any atom is -0.488 e. The van der Waals surface area contributed by atoms with Crippen LogP contribution in [0.5, 0.6) is 5.75 Å². The van der Waals surface area contributed by atoms with E-state index in [9.17, 15) is 4.39 Å². The van der Waals surface area contributed by atoms with Gasteiger partial charge in [0.2, 0.25) is 0 Å². The number of aryl methyl sites for hydroxylation is 1. The lowest BCUT2D eigenvalue weighted by Crippen LogP contribution is -2.08. The monoisotopic (exact) mass is 337 g/mol. The predicted octanol–water partition coefficient (Wildman–Crippen LogP) is 4.50. The van der Waals surface area contributed by atoms with Gasteiger partial charge in [0.05, 0.1) is 0 Å². The van der Waals surface area contributed by atoms with Crippen LogP contribution in [0.4, 0.5) is 4.39 Å². The molecule has 0 bridgehead atoms. The molecule has 20 heavy (non-hydrogen) atoms. The number of ether oxygens (including phenoxy) is 1. The molecule has 0 radical (unpaired) electrons. The zero-order valence-electron chi connectivity index (χ0n) is 11.5. The van der Waals surface area contributed by atoms with E-state index in [2.05, 4.69) is 15.9 Å². The first-order valence-corrected chi connectivity index (χ1v) is 7.19. The van der Waals surface area contributed by atoms with Gasteiger partial charge in [-0.25, -0.2) is 4.39 Å². The highest BCUT2D eigenvalue weighted by atomic mass is 79.9. The largest absolute Gasteiger partial charge is 0.488 e. The highest BCUT2D eigenvalue weighted by Crippen LogP contribution is 2.26. The highest BCUT2D eigenvalue weighted by molar-refractivity contribution is 9.10. The average molecular weight is 338 g/mol. The Hall–Kier alpha value is -1.39. The SMILES string of the molecule is Cc1ccc([C@@H](C)N)c(OCc2cc(Br)ccc2F)c1. The summed E-state index contributed by atoms with van der Waals surface area (Å²) in [5.41, 5.74) is 8.44. The smallest absolute Gasteiger partial charge is 0.129 e. The third-order valence-electron chi connectivity index (χ3n) is 3.05. The van der Waals surface area contributed by atoms with Crippen molar-refractivity contribution in [3.8, 4) is 5.75 Å². The van der Waals surface area contributed by atoms with E-state index in [1.807, 2.05) is 32.0 Å². The summed E-state index contributed by atoms with van der Waals surface area (Å²) in [5, 5.41) is 0. The molecular formula is C16H17BrFNO. The van der Waals surface area contributed by atoms with E-state index in [-0.39, 0.29) is 18.5 Å². The maximum absolute atomic E-state index is 13.7. The number of nitrogens with two attached hydrogens (primary N) is 1. The summed E-state index contributed by atoms with van der Waals surface area (Å²) in [7, 11) is 0. The van der Waals surface area contributed by atoms with Gasteiger partial charge in [0, 0.05) is 21.6 Å². The van der Waals surface area contributed by atoms with Crippen LogP contribution in [0.3, 0.4) is 0 Å². The molecule has 2 rings (SSSR count). The fourth-order valence-corrected chi connectivity index (χ4v) is 2.36. The number of rotatable bonds is 4. The standard InChI is InChI=1S/C16H17BrFNO/c1-10-3-5-14(11(2)19)16(7-10)20-9-12-8-13(17)4-6-15(12)18/h3-8,11H,9,19H2,1-2H3/t11-/m1/s1. The van der Waals surface area contributed by atoms with Crippen LogP contribution in [-0.4, -0.2) is 0 Å². The highest BCUT2D eigenvalue weighted by Gasteiger charge is 2.10. The number of hydrogen-bond donors (Lipinski definition) is 1. The summed E-state index contributed by atoms with van der Waals surface area (Å²) >= 11 is 3.33. The second-order valence-electron chi connectivity index (χ2n) is 4.85. The molecule has 2 aromatic carbocycles. The zero-order valence-corrected chi connectivity index (χ0v) is 13.1. The van der Waals surface area contributed by atoms with Crippen LogP contribution in [0.2, 0.25) is 0 Å². The predicted molar refractivity (Wildman–Crippen MR) is 82.2 cm³/mol. The Kier molecular flexibility index (Phi) is 4.78. The van der Waals surface area contributed by atoms with Crippen molar-refractivity contribution < 1.29 is 9.13 Å². The van der Waals surface area contributed by atoms with Crippen molar-refractivity contribution in [2.45, 2.75) is 26.5 Å². The molecule has 2 aromatic rings. The topological polar surface area (TPSA) is 35.2 Å². The molecule has 0 amide bonds. The van der Waals surface area contributed by atoms with E-state index in [0.29, 0.717) is 11.3 Å². The van der Waals surface area contributed by atoms with Gasteiger partial charge in [0.25, 0.3) is 0 Å². The van der Waals surface area contributed by atoms with Crippen molar-refractivity contribution in [2.75, 3.05) is 0 Å². The molecular weight excluding hydrogens is 321 g/mol. The van der Waals surface area contributed by atoms with Gasteiger partial charge in [0.15, 0.2) is 0 Å². The third kappa shape index (κ3) is 3.58. The lowest BCUT2D eigenvalue weighted by atomic mass is 10.1. The molecule has 0 aromatic heterocycles. The van der Waals surface area contributed by atoms with Crippen LogP contribution in [0.25, 0.3) is 0 Å². The summed E-state index contributed by atoms with van der Waals surface area (Å²) in [5.74, 6) is 0.433. The minimum atomic E-state index is -0.275. The maximum atomic E-state index is 13.7. The van der Waals surface area contributed by atoms with Crippen molar-refractivity contribution in [1.82, 2.24) is 0 Å². The molecule has 0 aliphatic carbocycles. The summed E-state index contributed by atoms with van der Waals surface area (Å²) in [6, 6.07) is 10.5. The van der Waals surface area contributed by atoms with Crippen LogP contribution < -0.4 is 10.5 Å². The molecule has 106 valence electrons. The molecule has 0 saturated heterocycles. The van der Waals surface area contributed by atoms with Gasteiger partial charge < -0.3 is 10.5 Å². The second kappa shape index (κ2) is 6.37. The van der Waals surface area contributed by atoms with Crippen molar-refractivity contribution >= 4 is 15.9 Å². The summed E-state index contributed by atoms with van der Waals surface area (Å²) in [6.07, 6.45) is 0. The molecule has 0 heterocycles. The molecule has 0 fully saturated rings. The molecule has 2 N–H and O–H groups in total. The zero-order chi connectivity index (χ0) is 14.7. The molecule has 0 aliphatic rings. The summed E-state index contributed by atoms with van der Waals surface area (Å²) in [4.78, 5) is 0. The van der Waals surface area contributed by atoms with Crippen molar-refractivity contribution in [3.63, 3.8) is 0 Å². The van der Waals surface area contributed by atoms with Gasteiger partial charge >= 0.3 is 0 Å². The van der Waals surface area contributed by atoms with E-state index in [1.165, 1.54) is 6.07 Å². The van der Waals surface area contributed by atoms with E-state index >= 15 is 0 Å². The van der Waals surface area contributed by atoms with Gasteiger partial charge in [-0.15, -0.1) is 0 Å². The molecule has 2 nitrogen and oxygen atoms in total. The molecule has 0 aliphatic heterocycles. The van der Waals surface area contributed by atoms with Crippen LogP contribution in [0.15, 0.2) is 40.9 Å². The van der Waals surface area contributed by atoms with Gasteiger partial charge in [-0.1, -0.05) is 28.1 Å². The Labute approximate surface area is 126 Å². The van der Waals surface area contributed by atoms with Crippen LogP contribution in [-0.2, 0) is 6.61 Å². The van der Waals surface area contributed by atoms with Crippen molar-refractivity contribution in [1.29, 1.82) is 0 Å². The number of benzene rings is 2. The van der Waals surface area contributed by atoms with Gasteiger partial charge in [-0.3, -0.25) is 0 Å². The molecule has 1 atom stereocenters. The van der Waals surface area contributed by atoms with E-state index in [4.69, 9.17) is 10.5 Å². The first-order valence-electron chi connectivity index (χ1n) is 6.40. The van der Waals surface area contributed by atoms with E-state index in [1.54, 1.807) is 12.1 Å². The average Bonchev–Trinajstić information content (AvgIpc) is 2.39. The first-order chi connectivity index (χ1) is 9.47.